The van der Waals surface area contributed by atoms with E-state index < -0.39 is 23.1 Å². The zero-order valence-electron chi connectivity index (χ0n) is 12.1. The van der Waals surface area contributed by atoms with Crippen LogP contribution in [0, 0.1) is 0 Å². The number of hydrogen-bond acceptors (Lipinski definition) is 4. The highest BCUT2D eigenvalue weighted by Gasteiger charge is 2.40. The Morgan fingerprint density at radius 1 is 1.32 bits per heavy atom. The van der Waals surface area contributed by atoms with Gasteiger partial charge >= 0.3 is 5.97 Å². The second kappa shape index (κ2) is 7.72. The smallest absolute Gasteiger partial charge is 0.332 e. The molecule has 0 saturated carbocycles. The molecule has 5 heteroatoms. The average Bonchev–Trinajstić information content (AvgIpc) is 2.24. The van der Waals surface area contributed by atoms with Crippen LogP contribution >= 0.6 is 11.8 Å². The molecule has 0 aliphatic carbocycles. The van der Waals surface area contributed by atoms with Gasteiger partial charge in [-0.15, -0.1) is 11.8 Å². The van der Waals surface area contributed by atoms with Gasteiger partial charge in [-0.05, 0) is 27.7 Å². The predicted octanol–water partition coefficient (Wildman–Crippen LogP) is 2.83. The van der Waals surface area contributed by atoms with Crippen molar-refractivity contribution in [3.05, 3.63) is 24.3 Å². The van der Waals surface area contributed by atoms with Gasteiger partial charge in [0.05, 0.1) is 6.10 Å². The van der Waals surface area contributed by atoms with Crippen LogP contribution in [0.15, 0.2) is 24.3 Å². The van der Waals surface area contributed by atoms with E-state index in [-0.39, 0.29) is 0 Å². The molecular weight excluding hydrogens is 264 g/mol. The minimum atomic E-state index is -1.05. The molecule has 0 fully saturated rings. The lowest BCUT2D eigenvalue weighted by atomic mass is 10.1. The summed E-state index contributed by atoms with van der Waals surface area (Å²) in [5.41, 5.74) is 1.76. The van der Waals surface area contributed by atoms with Crippen molar-refractivity contribution in [3.63, 3.8) is 0 Å². The highest BCUT2D eigenvalue weighted by atomic mass is 32.2. The maximum atomic E-state index is 11.0. The Morgan fingerprint density at radius 2 is 1.84 bits per heavy atom. The summed E-state index contributed by atoms with van der Waals surface area (Å²) in [6, 6.07) is 0. The third-order valence-electron chi connectivity index (χ3n) is 2.47. The second-order valence-electron chi connectivity index (χ2n) is 4.97. The molecule has 0 heterocycles. The number of carbonyl (C=O) groups is 1. The molecule has 2 N–H and O–H groups in total. The molecule has 0 aliphatic heterocycles. The van der Waals surface area contributed by atoms with Crippen LogP contribution in [0.4, 0.5) is 0 Å². The van der Waals surface area contributed by atoms with E-state index in [1.807, 2.05) is 13.8 Å². The fourth-order valence-corrected chi connectivity index (χ4v) is 2.80. The second-order valence-corrected chi connectivity index (χ2v) is 6.23. The minimum absolute atomic E-state index is 0.389. The van der Waals surface area contributed by atoms with Crippen LogP contribution in [0.1, 0.15) is 34.1 Å². The number of rotatable bonds is 9. The molecule has 4 nitrogen and oxygen atoms in total. The summed E-state index contributed by atoms with van der Waals surface area (Å²) in [6.45, 7) is 14.4. The standard InChI is InChI=1S/C14H24O4S/c1-9(2)7-14(12(6)15,19-8-10(3)4)18-11(5)13(16)17/h11-12,15H,1,3,7-8H2,2,4-6H3,(H,16,17)/t11-,12-,14-/m0/s1. The van der Waals surface area contributed by atoms with Crippen LogP contribution in [0.5, 0.6) is 0 Å². The molecule has 0 saturated heterocycles. The zero-order valence-corrected chi connectivity index (χ0v) is 12.9. The van der Waals surface area contributed by atoms with Gasteiger partial charge in [-0.25, -0.2) is 4.79 Å². The average molecular weight is 288 g/mol. The molecule has 0 aromatic carbocycles. The summed E-state index contributed by atoms with van der Waals surface area (Å²) in [7, 11) is 0. The van der Waals surface area contributed by atoms with Crippen LogP contribution in [0.25, 0.3) is 0 Å². The van der Waals surface area contributed by atoms with Crippen molar-refractivity contribution < 1.29 is 19.7 Å². The third kappa shape index (κ3) is 6.27. The molecular formula is C14H24O4S. The number of aliphatic carboxylic acids is 1. The fraction of sp³-hybridized carbons (Fsp3) is 0.643. The summed E-state index contributed by atoms with van der Waals surface area (Å²) < 4.78 is 5.63. The summed E-state index contributed by atoms with van der Waals surface area (Å²) >= 11 is 1.36. The van der Waals surface area contributed by atoms with Crippen molar-refractivity contribution in [2.24, 2.45) is 0 Å². The largest absolute Gasteiger partial charge is 0.479 e. The SMILES string of the molecule is C=C(C)CS[C@](CC(=C)C)(O[C@@H](C)C(=O)O)[C@H](C)O. The normalized spacial score (nSPS) is 17.3. The van der Waals surface area contributed by atoms with Crippen molar-refractivity contribution in [2.75, 3.05) is 5.75 Å². The van der Waals surface area contributed by atoms with E-state index in [0.29, 0.717) is 12.2 Å². The Morgan fingerprint density at radius 3 is 2.16 bits per heavy atom. The summed E-state index contributed by atoms with van der Waals surface area (Å²) in [5.74, 6) is -0.465. The first-order chi connectivity index (χ1) is 8.60. The fourth-order valence-electron chi connectivity index (χ4n) is 1.51. The van der Waals surface area contributed by atoms with E-state index in [2.05, 4.69) is 13.2 Å². The van der Waals surface area contributed by atoms with Gasteiger partial charge in [0.15, 0.2) is 6.10 Å². The summed E-state index contributed by atoms with van der Waals surface area (Å²) in [6.07, 6.45) is -1.43. The first kappa shape index (κ1) is 18.2. The first-order valence-corrected chi connectivity index (χ1v) is 7.10. The molecule has 0 radical (unpaired) electrons. The van der Waals surface area contributed by atoms with Crippen molar-refractivity contribution in [1.82, 2.24) is 0 Å². The summed E-state index contributed by atoms with van der Waals surface area (Å²) in [5, 5.41) is 19.0. The van der Waals surface area contributed by atoms with E-state index in [1.54, 1.807) is 6.92 Å². The number of carboxylic acids is 1. The predicted molar refractivity (Wildman–Crippen MR) is 79.3 cm³/mol. The van der Waals surface area contributed by atoms with E-state index in [4.69, 9.17) is 9.84 Å². The lowest BCUT2D eigenvalue weighted by molar-refractivity contribution is -0.160. The van der Waals surface area contributed by atoms with Gasteiger partial charge in [0.2, 0.25) is 0 Å². The molecule has 0 spiro atoms. The monoisotopic (exact) mass is 288 g/mol. The Hall–Kier alpha value is -0.780. The van der Waals surface area contributed by atoms with E-state index in [1.165, 1.54) is 18.7 Å². The van der Waals surface area contributed by atoms with Crippen LogP contribution in [0.3, 0.4) is 0 Å². The molecule has 0 amide bonds. The highest BCUT2D eigenvalue weighted by molar-refractivity contribution is 8.00. The van der Waals surface area contributed by atoms with Gasteiger partial charge in [0.1, 0.15) is 4.93 Å². The lowest BCUT2D eigenvalue weighted by Gasteiger charge is -2.37. The molecule has 0 aliphatic rings. The Bertz CT molecular complexity index is 351. The Labute approximate surface area is 119 Å². The molecule has 110 valence electrons. The van der Waals surface area contributed by atoms with Crippen LogP contribution < -0.4 is 0 Å². The van der Waals surface area contributed by atoms with Gasteiger partial charge in [0, 0.05) is 12.2 Å². The molecule has 0 aromatic rings. The van der Waals surface area contributed by atoms with E-state index >= 15 is 0 Å². The Kier molecular flexibility index (Phi) is 7.41. The quantitative estimate of drug-likeness (QED) is 0.504. The molecule has 3 atom stereocenters. The van der Waals surface area contributed by atoms with Crippen molar-refractivity contribution in [2.45, 2.75) is 51.3 Å². The molecule has 0 rings (SSSR count). The van der Waals surface area contributed by atoms with Crippen molar-refractivity contribution in [3.8, 4) is 0 Å². The lowest BCUT2D eigenvalue weighted by Crippen LogP contribution is -2.45. The minimum Gasteiger partial charge on any atom is -0.479 e. The third-order valence-corrected chi connectivity index (χ3v) is 4.18. The Balaban J connectivity index is 5.17. The zero-order chi connectivity index (χ0) is 15.2. The van der Waals surface area contributed by atoms with Gasteiger partial charge in [-0.1, -0.05) is 24.3 Å². The first-order valence-electron chi connectivity index (χ1n) is 6.12. The van der Waals surface area contributed by atoms with Crippen LogP contribution in [0.2, 0.25) is 0 Å². The number of aliphatic hydroxyl groups is 1. The molecule has 19 heavy (non-hydrogen) atoms. The number of carboxylic acid groups (broad SMARTS) is 1. The molecule has 0 bridgehead atoms. The van der Waals surface area contributed by atoms with Gasteiger partial charge in [-0.2, -0.15) is 0 Å². The van der Waals surface area contributed by atoms with Gasteiger partial charge in [-0.3, -0.25) is 0 Å². The molecule has 0 unspecified atom stereocenters. The van der Waals surface area contributed by atoms with E-state index in [0.717, 1.165) is 11.1 Å². The number of hydrogen-bond donors (Lipinski definition) is 2. The van der Waals surface area contributed by atoms with E-state index in [9.17, 15) is 9.90 Å². The highest BCUT2D eigenvalue weighted by Crippen LogP contribution is 2.38. The molecule has 0 aromatic heterocycles. The van der Waals surface area contributed by atoms with Crippen LogP contribution in [-0.4, -0.2) is 39.1 Å². The van der Waals surface area contributed by atoms with Crippen LogP contribution in [-0.2, 0) is 9.53 Å². The van der Waals surface area contributed by atoms with Gasteiger partial charge in [0.25, 0.3) is 0 Å². The maximum absolute atomic E-state index is 11.0. The van der Waals surface area contributed by atoms with Gasteiger partial charge < -0.3 is 14.9 Å². The van der Waals surface area contributed by atoms with Crippen molar-refractivity contribution >= 4 is 17.7 Å². The summed E-state index contributed by atoms with van der Waals surface area (Å²) in [4.78, 5) is 9.96. The number of ether oxygens (including phenoxy) is 1. The van der Waals surface area contributed by atoms with Crippen molar-refractivity contribution in [1.29, 1.82) is 0 Å². The topological polar surface area (TPSA) is 66.8 Å². The maximum Gasteiger partial charge on any atom is 0.332 e. The number of thioether (sulfide) groups is 1. The number of aliphatic hydroxyl groups excluding tert-OH is 1.